The molecule has 1 aliphatic rings. The van der Waals surface area contributed by atoms with Gasteiger partial charge in [-0.05, 0) is 43.5 Å². The van der Waals surface area contributed by atoms with Gasteiger partial charge >= 0.3 is 0 Å². The van der Waals surface area contributed by atoms with Crippen molar-refractivity contribution in [3.63, 3.8) is 0 Å². The van der Waals surface area contributed by atoms with Gasteiger partial charge in [-0.2, -0.15) is 0 Å². The van der Waals surface area contributed by atoms with Gasteiger partial charge in [-0.15, -0.1) is 0 Å². The molecule has 1 aromatic rings. The number of rotatable bonds is 2. The second-order valence-electron chi connectivity index (χ2n) is 4.16. The third kappa shape index (κ3) is 2.42. The normalized spacial score (nSPS) is 17.5. The quantitative estimate of drug-likeness (QED) is 0.748. The summed E-state index contributed by atoms with van der Waals surface area (Å²) in [5, 5.41) is 3.52. The van der Waals surface area contributed by atoms with Crippen molar-refractivity contribution in [2.75, 3.05) is 5.32 Å². The van der Waals surface area contributed by atoms with E-state index in [1.165, 1.54) is 32.1 Å². The molecular weight excluding hydrogens is 170 g/mol. The first-order valence-electron chi connectivity index (χ1n) is 5.52. The highest BCUT2D eigenvalue weighted by molar-refractivity contribution is 5.40. The molecule has 1 saturated carbocycles. The van der Waals surface area contributed by atoms with E-state index in [1.54, 1.807) is 0 Å². The van der Waals surface area contributed by atoms with Crippen molar-refractivity contribution < 1.29 is 0 Å². The van der Waals surface area contributed by atoms with E-state index in [9.17, 15) is 0 Å². The minimum Gasteiger partial charge on any atom is -0.375 e. The molecule has 0 radical (unpaired) electrons. The summed E-state index contributed by atoms with van der Waals surface area (Å²) in [7, 11) is 0. The zero-order valence-electron chi connectivity index (χ0n) is 8.77. The highest BCUT2D eigenvalue weighted by Crippen LogP contribution is 2.20. The van der Waals surface area contributed by atoms with Gasteiger partial charge in [-0.3, -0.25) is 0 Å². The van der Waals surface area contributed by atoms with Gasteiger partial charge in [0.05, 0.1) is 5.69 Å². The maximum atomic E-state index is 3.52. The average molecular weight is 187 g/mol. The Hall–Kier alpha value is -1.16. The molecule has 0 bridgehead atoms. The molecule has 1 aromatic carbocycles. The molecular formula is C13H17N. The Morgan fingerprint density at radius 1 is 1.14 bits per heavy atom. The van der Waals surface area contributed by atoms with Gasteiger partial charge in [-0.1, -0.05) is 25.3 Å². The van der Waals surface area contributed by atoms with E-state index in [4.69, 9.17) is 0 Å². The van der Waals surface area contributed by atoms with Crippen LogP contribution < -0.4 is 5.32 Å². The van der Waals surface area contributed by atoms with Crippen molar-refractivity contribution in [3.8, 4) is 0 Å². The molecule has 1 nitrogen and oxygen atoms in total. The fraction of sp³-hybridized carbons (Fsp3) is 0.538. The number of anilines is 1. The lowest BCUT2D eigenvalue weighted by molar-refractivity contribution is 0.463. The predicted octanol–water partition coefficient (Wildman–Crippen LogP) is 3.34. The number of hydrogen-bond donors (Lipinski definition) is 1. The van der Waals surface area contributed by atoms with Gasteiger partial charge in [-0.25, -0.2) is 0 Å². The average Bonchev–Trinajstić information content (AvgIpc) is 2.23. The highest BCUT2D eigenvalue weighted by Gasteiger charge is 2.12. The molecule has 0 aliphatic heterocycles. The van der Waals surface area contributed by atoms with Crippen molar-refractivity contribution >= 4 is 5.69 Å². The molecule has 0 aromatic heterocycles. The van der Waals surface area contributed by atoms with E-state index in [-0.39, 0.29) is 0 Å². The first-order chi connectivity index (χ1) is 6.84. The summed E-state index contributed by atoms with van der Waals surface area (Å²) < 4.78 is 0. The molecule has 1 N–H and O–H groups in total. The largest absolute Gasteiger partial charge is 0.375 e. The Kier molecular flexibility index (Phi) is 2.93. The lowest BCUT2D eigenvalue weighted by Gasteiger charge is -2.22. The maximum Gasteiger partial charge on any atom is 0.0859 e. The topological polar surface area (TPSA) is 12.0 Å². The Morgan fingerprint density at radius 2 is 1.93 bits per heavy atom. The smallest absolute Gasteiger partial charge is 0.0859 e. The van der Waals surface area contributed by atoms with E-state index in [2.05, 4.69) is 29.6 Å². The highest BCUT2D eigenvalue weighted by atomic mass is 14.9. The summed E-state index contributed by atoms with van der Waals surface area (Å²) in [5.74, 6) is 0. The molecule has 1 heteroatoms. The number of aryl methyl sites for hydroxylation is 1. The molecule has 0 atom stereocenters. The third-order valence-electron chi connectivity index (χ3n) is 2.86. The van der Waals surface area contributed by atoms with E-state index in [1.807, 2.05) is 6.92 Å². The van der Waals surface area contributed by atoms with Crippen LogP contribution in [0.2, 0.25) is 0 Å². The fourth-order valence-electron chi connectivity index (χ4n) is 2.01. The van der Waals surface area contributed by atoms with Crippen molar-refractivity contribution in [2.45, 2.75) is 45.1 Å². The third-order valence-corrected chi connectivity index (χ3v) is 2.86. The first kappa shape index (κ1) is 9.40. The summed E-state index contributed by atoms with van der Waals surface area (Å²) in [4.78, 5) is 0. The van der Waals surface area contributed by atoms with E-state index in [0.717, 1.165) is 11.3 Å². The van der Waals surface area contributed by atoms with Crippen LogP contribution in [0, 0.1) is 19.1 Å². The Labute approximate surface area is 86.5 Å². The molecule has 14 heavy (non-hydrogen) atoms. The summed E-state index contributed by atoms with van der Waals surface area (Å²) in [6, 6.07) is 11.1. The summed E-state index contributed by atoms with van der Waals surface area (Å²) in [6.45, 7) is 2.04. The van der Waals surface area contributed by atoms with Gasteiger partial charge < -0.3 is 5.32 Å². The standard InChI is InChI=1S/C13H17N/c1-11-7-9-13(10-8-11)14-12-5-3-2-4-6-12/h7,9,12,14H,2-6H2,1H3. The van der Waals surface area contributed by atoms with Crippen molar-refractivity contribution in [1.29, 1.82) is 0 Å². The van der Waals surface area contributed by atoms with Crippen LogP contribution in [0.5, 0.6) is 0 Å². The van der Waals surface area contributed by atoms with E-state index < -0.39 is 0 Å². The molecule has 0 spiro atoms. The number of hydrogen-bond acceptors (Lipinski definition) is 1. The minimum atomic E-state index is 0.663. The van der Waals surface area contributed by atoms with Crippen LogP contribution in [-0.4, -0.2) is 6.04 Å². The van der Waals surface area contributed by atoms with Crippen molar-refractivity contribution in [2.24, 2.45) is 0 Å². The van der Waals surface area contributed by atoms with Gasteiger partial charge in [0.2, 0.25) is 0 Å². The molecule has 74 valence electrons. The van der Waals surface area contributed by atoms with Gasteiger partial charge in [0.25, 0.3) is 0 Å². The van der Waals surface area contributed by atoms with Crippen LogP contribution >= 0.6 is 0 Å². The lowest BCUT2D eigenvalue weighted by atomic mass is 9.95. The monoisotopic (exact) mass is 187 g/mol. The van der Waals surface area contributed by atoms with Crippen LogP contribution in [0.4, 0.5) is 5.69 Å². The number of nitrogens with one attached hydrogen (secondary N) is 1. The van der Waals surface area contributed by atoms with Crippen LogP contribution in [0.25, 0.3) is 0 Å². The van der Waals surface area contributed by atoms with Crippen LogP contribution in [-0.2, 0) is 0 Å². The summed E-state index contributed by atoms with van der Waals surface area (Å²) >= 11 is 0. The predicted molar refractivity (Wildman–Crippen MR) is 59.3 cm³/mol. The zero-order chi connectivity index (χ0) is 9.80. The molecule has 2 rings (SSSR count). The van der Waals surface area contributed by atoms with E-state index >= 15 is 0 Å². The Bertz CT molecular complexity index is 270. The molecule has 1 fully saturated rings. The van der Waals surface area contributed by atoms with Gasteiger partial charge in [0.15, 0.2) is 0 Å². The van der Waals surface area contributed by atoms with Gasteiger partial charge in [0, 0.05) is 6.04 Å². The van der Waals surface area contributed by atoms with Crippen molar-refractivity contribution in [3.05, 3.63) is 29.8 Å². The molecule has 0 heterocycles. The molecule has 0 amide bonds. The maximum absolute atomic E-state index is 3.52. The van der Waals surface area contributed by atoms with Gasteiger partial charge in [0.1, 0.15) is 0 Å². The molecule has 1 aliphatic carbocycles. The Balaban J connectivity index is 1.92. The Morgan fingerprint density at radius 3 is 2.57 bits per heavy atom. The fourth-order valence-corrected chi connectivity index (χ4v) is 2.01. The van der Waals surface area contributed by atoms with Crippen LogP contribution in [0.15, 0.2) is 12.1 Å². The van der Waals surface area contributed by atoms with Crippen molar-refractivity contribution in [1.82, 2.24) is 0 Å². The first-order valence-corrected chi connectivity index (χ1v) is 5.52. The minimum absolute atomic E-state index is 0.663. The molecule has 0 saturated heterocycles. The van der Waals surface area contributed by atoms with Crippen LogP contribution in [0.3, 0.4) is 0 Å². The second-order valence-corrected chi connectivity index (χ2v) is 4.16. The van der Waals surface area contributed by atoms with Crippen LogP contribution in [0.1, 0.15) is 37.7 Å². The lowest BCUT2D eigenvalue weighted by Crippen LogP contribution is -2.21. The molecule has 0 unspecified atom stereocenters. The van der Waals surface area contributed by atoms with E-state index in [0.29, 0.717) is 6.04 Å². The zero-order valence-corrected chi connectivity index (χ0v) is 8.77. The summed E-state index contributed by atoms with van der Waals surface area (Å²) in [6.07, 6.45) is 6.76. The second kappa shape index (κ2) is 4.37. The SMILES string of the molecule is Cc1c#cc(NC2CCCCC2)cc1. The summed E-state index contributed by atoms with van der Waals surface area (Å²) in [5.41, 5.74) is 2.25.